The van der Waals surface area contributed by atoms with Gasteiger partial charge in [-0.05, 0) is 24.6 Å². The minimum Gasteiger partial charge on any atom is -0.351 e. The van der Waals surface area contributed by atoms with Gasteiger partial charge in [0.2, 0.25) is 0 Å². The van der Waals surface area contributed by atoms with Crippen LogP contribution in [-0.2, 0) is 0 Å². The molecule has 1 amide bonds. The van der Waals surface area contributed by atoms with Crippen LogP contribution in [0.1, 0.15) is 30.1 Å². The highest BCUT2D eigenvalue weighted by Crippen LogP contribution is 2.15. The van der Waals surface area contributed by atoms with Crippen LogP contribution in [0, 0.1) is 5.82 Å². The SMILES string of the molecule is CCCC(Cl)CNC(=O)c1ccc(Cl)c(F)c1. The number of hydrogen-bond acceptors (Lipinski definition) is 1. The Kier molecular flexibility index (Phi) is 5.72. The third kappa shape index (κ3) is 4.52. The number of nitrogens with one attached hydrogen (secondary N) is 1. The van der Waals surface area contributed by atoms with Gasteiger partial charge in [0.05, 0.1) is 10.4 Å². The van der Waals surface area contributed by atoms with Crippen molar-refractivity contribution in [1.29, 1.82) is 0 Å². The summed E-state index contributed by atoms with van der Waals surface area (Å²) in [4.78, 5) is 11.6. The molecule has 0 spiro atoms. The summed E-state index contributed by atoms with van der Waals surface area (Å²) in [5.41, 5.74) is 0.243. The second-order valence-corrected chi connectivity index (χ2v) is 4.75. The molecule has 0 fully saturated rings. The number of carbonyl (C=O) groups is 1. The fourth-order valence-corrected chi connectivity index (χ4v) is 1.77. The summed E-state index contributed by atoms with van der Waals surface area (Å²) in [6.45, 7) is 2.39. The molecule has 1 aromatic carbocycles. The summed E-state index contributed by atoms with van der Waals surface area (Å²) in [7, 11) is 0. The van der Waals surface area contributed by atoms with E-state index in [9.17, 15) is 9.18 Å². The predicted molar refractivity (Wildman–Crippen MR) is 68.3 cm³/mol. The van der Waals surface area contributed by atoms with Crippen LogP contribution in [0.5, 0.6) is 0 Å². The maximum absolute atomic E-state index is 13.1. The average Bonchev–Trinajstić information content (AvgIpc) is 2.30. The van der Waals surface area contributed by atoms with E-state index in [4.69, 9.17) is 23.2 Å². The van der Waals surface area contributed by atoms with Crippen molar-refractivity contribution in [2.24, 2.45) is 0 Å². The Bertz CT molecular complexity index is 398. The van der Waals surface area contributed by atoms with Crippen molar-refractivity contribution in [3.8, 4) is 0 Å². The molecule has 0 saturated carbocycles. The van der Waals surface area contributed by atoms with E-state index >= 15 is 0 Å². The number of alkyl halides is 1. The lowest BCUT2D eigenvalue weighted by Crippen LogP contribution is -2.29. The molecule has 1 rings (SSSR count). The molecule has 2 nitrogen and oxygen atoms in total. The molecule has 0 aliphatic heterocycles. The summed E-state index contributed by atoms with van der Waals surface area (Å²) in [6, 6.07) is 3.94. The molecule has 0 heterocycles. The second-order valence-electron chi connectivity index (χ2n) is 3.72. The van der Waals surface area contributed by atoms with Gasteiger partial charge in [-0.3, -0.25) is 4.79 Å². The van der Waals surface area contributed by atoms with E-state index in [1.807, 2.05) is 6.92 Å². The number of rotatable bonds is 5. The van der Waals surface area contributed by atoms with Crippen LogP contribution in [0.25, 0.3) is 0 Å². The first kappa shape index (κ1) is 14.3. The van der Waals surface area contributed by atoms with Gasteiger partial charge < -0.3 is 5.32 Å². The predicted octanol–water partition coefficient (Wildman–Crippen LogP) is 3.62. The zero-order valence-electron chi connectivity index (χ0n) is 9.47. The highest BCUT2D eigenvalue weighted by Gasteiger charge is 2.10. The van der Waals surface area contributed by atoms with Crippen molar-refractivity contribution in [3.05, 3.63) is 34.6 Å². The maximum Gasteiger partial charge on any atom is 0.251 e. The van der Waals surface area contributed by atoms with Crippen molar-refractivity contribution in [2.75, 3.05) is 6.54 Å². The molecule has 5 heteroatoms. The summed E-state index contributed by atoms with van der Waals surface area (Å²) in [5.74, 6) is -0.947. The monoisotopic (exact) mass is 277 g/mol. The molecular weight excluding hydrogens is 264 g/mol. The summed E-state index contributed by atoms with van der Waals surface area (Å²) in [6.07, 6.45) is 1.79. The molecule has 1 aromatic rings. The van der Waals surface area contributed by atoms with E-state index < -0.39 is 5.82 Å². The highest BCUT2D eigenvalue weighted by atomic mass is 35.5. The number of halogens is 3. The van der Waals surface area contributed by atoms with Crippen molar-refractivity contribution < 1.29 is 9.18 Å². The fourth-order valence-electron chi connectivity index (χ4n) is 1.36. The number of benzene rings is 1. The first-order valence-corrected chi connectivity index (χ1v) is 6.23. The van der Waals surface area contributed by atoms with Crippen LogP contribution in [0.2, 0.25) is 5.02 Å². The molecule has 1 N–H and O–H groups in total. The molecule has 1 unspecified atom stereocenters. The number of carbonyl (C=O) groups excluding carboxylic acids is 1. The number of amides is 1. The van der Waals surface area contributed by atoms with Crippen LogP contribution in [-0.4, -0.2) is 17.8 Å². The van der Waals surface area contributed by atoms with Gasteiger partial charge >= 0.3 is 0 Å². The van der Waals surface area contributed by atoms with Gasteiger partial charge in [-0.25, -0.2) is 4.39 Å². The van der Waals surface area contributed by atoms with E-state index in [-0.39, 0.29) is 21.9 Å². The van der Waals surface area contributed by atoms with Crippen molar-refractivity contribution in [1.82, 2.24) is 5.32 Å². The van der Waals surface area contributed by atoms with Crippen molar-refractivity contribution >= 4 is 29.1 Å². The third-order valence-electron chi connectivity index (χ3n) is 2.27. The molecule has 0 saturated heterocycles. The maximum atomic E-state index is 13.1. The first-order chi connectivity index (χ1) is 8.04. The standard InChI is InChI=1S/C12H14Cl2FNO/c1-2-3-9(13)7-16-12(17)8-4-5-10(14)11(15)6-8/h4-6,9H,2-3,7H2,1H3,(H,16,17). The zero-order chi connectivity index (χ0) is 12.8. The van der Waals surface area contributed by atoms with E-state index in [0.29, 0.717) is 6.54 Å². The first-order valence-electron chi connectivity index (χ1n) is 5.42. The highest BCUT2D eigenvalue weighted by molar-refractivity contribution is 6.30. The molecular formula is C12H14Cl2FNO. The van der Waals surface area contributed by atoms with E-state index in [2.05, 4.69) is 5.32 Å². The molecule has 94 valence electrons. The fraction of sp³-hybridized carbons (Fsp3) is 0.417. The molecule has 0 aliphatic carbocycles. The van der Waals surface area contributed by atoms with E-state index in [1.165, 1.54) is 12.1 Å². The lowest BCUT2D eigenvalue weighted by atomic mass is 10.2. The van der Waals surface area contributed by atoms with Gasteiger partial charge in [0.25, 0.3) is 5.91 Å². The molecule has 0 aromatic heterocycles. The largest absolute Gasteiger partial charge is 0.351 e. The Hall–Kier alpha value is -0.800. The molecule has 0 radical (unpaired) electrons. The minimum atomic E-state index is -0.602. The van der Waals surface area contributed by atoms with Crippen molar-refractivity contribution in [3.63, 3.8) is 0 Å². The smallest absolute Gasteiger partial charge is 0.251 e. The van der Waals surface area contributed by atoms with Crippen molar-refractivity contribution in [2.45, 2.75) is 25.1 Å². The van der Waals surface area contributed by atoms with Crippen LogP contribution >= 0.6 is 23.2 Å². The second kappa shape index (κ2) is 6.82. The van der Waals surface area contributed by atoms with Gasteiger partial charge in [0.15, 0.2) is 0 Å². The lowest BCUT2D eigenvalue weighted by molar-refractivity contribution is 0.0953. The van der Waals surface area contributed by atoms with E-state index in [1.54, 1.807) is 0 Å². The third-order valence-corrected chi connectivity index (χ3v) is 2.95. The summed E-state index contributed by atoms with van der Waals surface area (Å²) < 4.78 is 13.1. The van der Waals surface area contributed by atoms with Gasteiger partial charge in [0, 0.05) is 12.1 Å². The Balaban J connectivity index is 2.55. The van der Waals surface area contributed by atoms with Gasteiger partial charge in [-0.15, -0.1) is 11.6 Å². The summed E-state index contributed by atoms with van der Waals surface area (Å²) >= 11 is 11.5. The minimum absolute atomic E-state index is 0.00255. The molecule has 17 heavy (non-hydrogen) atoms. The summed E-state index contributed by atoms with van der Waals surface area (Å²) in [5, 5.41) is 2.56. The Morgan fingerprint density at radius 2 is 2.24 bits per heavy atom. The Morgan fingerprint density at radius 1 is 1.53 bits per heavy atom. The quantitative estimate of drug-likeness (QED) is 0.819. The molecule has 1 atom stereocenters. The van der Waals surface area contributed by atoms with Gasteiger partial charge in [-0.1, -0.05) is 24.9 Å². The van der Waals surface area contributed by atoms with E-state index in [0.717, 1.165) is 18.9 Å². The molecule has 0 bridgehead atoms. The Morgan fingerprint density at radius 3 is 2.82 bits per heavy atom. The topological polar surface area (TPSA) is 29.1 Å². The van der Waals surface area contributed by atoms with Gasteiger partial charge in [-0.2, -0.15) is 0 Å². The van der Waals surface area contributed by atoms with Crippen LogP contribution < -0.4 is 5.32 Å². The molecule has 0 aliphatic rings. The zero-order valence-corrected chi connectivity index (χ0v) is 11.0. The number of hydrogen-bond donors (Lipinski definition) is 1. The van der Waals surface area contributed by atoms with Crippen LogP contribution in [0.4, 0.5) is 4.39 Å². The van der Waals surface area contributed by atoms with Crippen LogP contribution in [0.3, 0.4) is 0 Å². The average molecular weight is 278 g/mol. The Labute approximate surface area is 110 Å². The lowest BCUT2D eigenvalue weighted by Gasteiger charge is -2.09. The van der Waals surface area contributed by atoms with Gasteiger partial charge in [0.1, 0.15) is 5.82 Å². The normalized spacial score (nSPS) is 12.2. The van der Waals surface area contributed by atoms with Crippen LogP contribution in [0.15, 0.2) is 18.2 Å².